The van der Waals surface area contributed by atoms with E-state index in [1.165, 1.54) is 24.3 Å². The summed E-state index contributed by atoms with van der Waals surface area (Å²) < 4.78 is 44.8. The molecule has 0 bridgehead atoms. The van der Waals surface area contributed by atoms with Gasteiger partial charge in [0.25, 0.3) is 0 Å². The van der Waals surface area contributed by atoms with Gasteiger partial charge in [0, 0.05) is 11.6 Å². The third-order valence-corrected chi connectivity index (χ3v) is 5.55. The topological polar surface area (TPSA) is 65.0 Å². The zero-order chi connectivity index (χ0) is 22.7. The molecule has 0 aliphatic carbocycles. The number of carboxylic acid groups (broad SMARTS) is 1. The molecule has 1 aliphatic rings. The first-order chi connectivity index (χ1) is 15.4. The van der Waals surface area contributed by atoms with Crippen LogP contribution >= 0.6 is 0 Å². The Kier molecular flexibility index (Phi) is 6.21. The normalized spacial score (nSPS) is 14.6. The number of halogens is 2. The predicted molar refractivity (Wildman–Crippen MR) is 113 cm³/mol. The number of ether oxygens (including phenoxy) is 3. The molecule has 3 aromatic carbocycles. The van der Waals surface area contributed by atoms with Crippen molar-refractivity contribution < 1.29 is 32.9 Å². The first-order valence-electron chi connectivity index (χ1n) is 10.1. The van der Waals surface area contributed by atoms with Gasteiger partial charge in [0.2, 0.25) is 0 Å². The van der Waals surface area contributed by atoms with E-state index in [0.717, 1.165) is 22.3 Å². The van der Waals surface area contributed by atoms with Crippen molar-refractivity contribution in [3.8, 4) is 16.9 Å². The Bertz CT molecular complexity index is 1140. The fourth-order valence-electron chi connectivity index (χ4n) is 3.73. The Morgan fingerprint density at radius 2 is 1.88 bits per heavy atom. The van der Waals surface area contributed by atoms with Crippen LogP contribution in [0.15, 0.2) is 60.7 Å². The van der Waals surface area contributed by atoms with Crippen molar-refractivity contribution in [2.45, 2.75) is 19.1 Å². The third-order valence-electron chi connectivity index (χ3n) is 5.55. The number of carbonyl (C=O) groups is 1. The summed E-state index contributed by atoms with van der Waals surface area (Å²) in [5.74, 6) is -1.66. The van der Waals surface area contributed by atoms with E-state index in [-0.39, 0.29) is 31.2 Å². The van der Waals surface area contributed by atoms with Crippen LogP contribution in [-0.4, -0.2) is 30.9 Å². The van der Waals surface area contributed by atoms with E-state index in [4.69, 9.17) is 19.3 Å². The molecule has 1 fully saturated rings. The van der Waals surface area contributed by atoms with Crippen molar-refractivity contribution in [3.05, 3.63) is 89.0 Å². The zero-order valence-corrected chi connectivity index (χ0v) is 17.4. The second-order valence-electron chi connectivity index (χ2n) is 7.70. The van der Waals surface area contributed by atoms with Crippen LogP contribution in [0.5, 0.6) is 5.75 Å². The molecule has 32 heavy (non-hydrogen) atoms. The molecule has 0 aromatic heterocycles. The Labute approximate surface area is 184 Å². The Hall–Kier alpha value is -3.29. The summed E-state index contributed by atoms with van der Waals surface area (Å²) in [6.45, 7) is 1.77. The first-order valence-corrected chi connectivity index (χ1v) is 10.1. The summed E-state index contributed by atoms with van der Waals surface area (Å²) in [5, 5.41) is 8.86. The standard InChI is InChI=1S/C25H22F2O5/c1-16-18(5-3-7-21(16)17-4-2-6-19(26)10-17)12-31-20-8-9-22(23(27)11-20)25(14-30-15-25)32-13-24(28)29/h2-11H,12-15H2,1H3,(H,28,29). The molecule has 1 saturated heterocycles. The number of hydrogen-bond acceptors (Lipinski definition) is 4. The molecule has 0 radical (unpaired) electrons. The summed E-state index contributed by atoms with van der Waals surface area (Å²) in [7, 11) is 0. The van der Waals surface area contributed by atoms with Crippen LogP contribution in [0.4, 0.5) is 8.78 Å². The Balaban J connectivity index is 1.50. The number of benzene rings is 3. The number of hydrogen-bond donors (Lipinski definition) is 1. The fraction of sp³-hybridized carbons (Fsp3) is 0.240. The van der Waals surface area contributed by atoms with Gasteiger partial charge in [0.1, 0.15) is 36.2 Å². The van der Waals surface area contributed by atoms with Crippen molar-refractivity contribution in [1.29, 1.82) is 0 Å². The SMILES string of the molecule is Cc1c(COc2ccc(C3(OCC(=O)O)COC3)c(F)c2)cccc1-c1cccc(F)c1. The van der Waals surface area contributed by atoms with Crippen molar-refractivity contribution in [3.63, 3.8) is 0 Å². The van der Waals surface area contributed by atoms with Crippen LogP contribution in [-0.2, 0) is 26.5 Å². The largest absolute Gasteiger partial charge is 0.489 e. The molecular weight excluding hydrogens is 418 g/mol. The van der Waals surface area contributed by atoms with Crippen molar-refractivity contribution in [2.24, 2.45) is 0 Å². The van der Waals surface area contributed by atoms with Crippen LogP contribution in [0.3, 0.4) is 0 Å². The van der Waals surface area contributed by atoms with Crippen LogP contribution in [0, 0.1) is 18.6 Å². The molecule has 0 unspecified atom stereocenters. The molecule has 1 aliphatic heterocycles. The van der Waals surface area contributed by atoms with Gasteiger partial charge in [-0.3, -0.25) is 0 Å². The third kappa shape index (κ3) is 4.49. The molecule has 0 saturated carbocycles. The van der Waals surface area contributed by atoms with E-state index in [1.807, 2.05) is 31.2 Å². The van der Waals surface area contributed by atoms with Crippen molar-refractivity contribution in [1.82, 2.24) is 0 Å². The molecule has 5 nitrogen and oxygen atoms in total. The molecule has 3 aromatic rings. The van der Waals surface area contributed by atoms with Gasteiger partial charge in [-0.2, -0.15) is 0 Å². The molecule has 7 heteroatoms. The van der Waals surface area contributed by atoms with Gasteiger partial charge in [-0.05, 0) is 53.4 Å². The van der Waals surface area contributed by atoms with Gasteiger partial charge in [0.05, 0.1) is 13.2 Å². The average molecular weight is 440 g/mol. The lowest BCUT2D eigenvalue weighted by molar-refractivity contribution is -0.221. The van der Waals surface area contributed by atoms with Crippen LogP contribution < -0.4 is 4.74 Å². The number of carboxylic acids is 1. The molecular formula is C25H22F2O5. The average Bonchev–Trinajstić information content (AvgIpc) is 2.73. The minimum absolute atomic E-state index is 0.0868. The van der Waals surface area contributed by atoms with Gasteiger partial charge < -0.3 is 19.3 Å². The highest BCUT2D eigenvalue weighted by molar-refractivity contribution is 5.68. The summed E-state index contributed by atoms with van der Waals surface area (Å²) >= 11 is 0. The van der Waals surface area contributed by atoms with E-state index in [0.29, 0.717) is 5.75 Å². The van der Waals surface area contributed by atoms with E-state index in [2.05, 4.69) is 0 Å². The highest BCUT2D eigenvalue weighted by Crippen LogP contribution is 2.36. The highest BCUT2D eigenvalue weighted by Gasteiger charge is 2.44. The van der Waals surface area contributed by atoms with Gasteiger partial charge >= 0.3 is 5.97 Å². The quantitative estimate of drug-likeness (QED) is 0.543. The minimum Gasteiger partial charge on any atom is -0.489 e. The molecule has 166 valence electrons. The van der Waals surface area contributed by atoms with Gasteiger partial charge in [-0.1, -0.05) is 30.3 Å². The molecule has 4 rings (SSSR count). The van der Waals surface area contributed by atoms with E-state index < -0.39 is 24.0 Å². The summed E-state index contributed by atoms with van der Waals surface area (Å²) in [6, 6.07) is 16.5. The summed E-state index contributed by atoms with van der Waals surface area (Å²) in [5.41, 5.74) is 2.65. The maximum Gasteiger partial charge on any atom is 0.329 e. The van der Waals surface area contributed by atoms with E-state index in [1.54, 1.807) is 12.1 Å². The first kappa shape index (κ1) is 21.9. The lowest BCUT2D eigenvalue weighted by Crippen LogP contribution is -2.50. The smallest absolute Gasteiger partial charge is 0.329 e. The lowest BCUT2D eigenvalue weighted by Gasteiger charge is -2.41. The molecule has 1 heterocycles. The maximum absolute atomic E-state index is 14.8. The molecule has 1 N–H and O–H groups in total. The summed E-state index contributed by atoms with van der Waals surface area (Å²) in [4.78, 5) is 10.8. The Morgan fingerprint density at radius 3 is 2.53 bits per heavy atom. The molecule has 0 amide bonds. The van der Waals surface area contributed by atoms with Crippen LogP contribution in [0.2, 0.25) is 0 Å². The highest BCUT2D eigenvalue weighted by atomic mass is 19.1. The monoisotopic (exact) mass is 440 g/mol. The van der Waals surface area contributed by atoms with Crippen LogP contribution in [0.1, 0.15) is 16.7 Å². The summed E-state index contributed by atoms with van der Waals surface area (Å²) in [6.07, 6.45) is 0. The molecule has 0 spiro atoms. The predicted octanol–water partition coefficient (Wildman–Crippen LogP) is 4.85. The van der Waals surface area contributed by atoms with Crippen molar-refractivity contribution in [2.75, 3.05) is 19.8 Å². The van der Waals surface area contributed by atoms with Gasteiger partial charge in [-0.25, -0.2) is 13.6 Å². The second-order valence-corrected chi connectivity index (χ2v) is 7.70. The Morgan fingerprint density at radius 1 is 1.09 bits per heavy atom. The number of rotatable bonds is 8. The molecule has 0 atom stereocenters. The van der Waals surface area contributed by atoms with Gasteiger partial charge in [0.15, 0.2) is 0 Å². The van der Waals surface area contributed by atoms with E-state index >= 15 is 0 Å². The minimum atomic E-state index is -1.13. The zero-order valence-electron chi connectivity index (χ0n) is 17.4. The second kappa shape index (κ2) is 9.06. The van der Waals surface area contributed by atoms with Crippen molar-refractivity contribution >= 4 is 5.97 Å². The van der Waals surface area contributed by atoms with Crippen LogP contribution in [0.25, 0.3) is 11.1 Å². The maximum atomic E-state index is 14.8. The van der Waals surface area contributed by atoms with E-state index in [9.17, 15) is 13.6 Å². The lowest BCUT2D eigenvalue weighted by atomic mass is 9.91. The number of aliphatic carboxylic acids is 1. The fourth-order valence-corrected chi connectivity index (χ4v) is 3.73. The van der Waals surface area contributed by atoms with Gasteiger partial charge in [-0.15, -0.1) is 0 Å².